The molecule has 1 amide bonds. The minimum atomic E-state index is -4.98. The number of hydrogen-bond donors (Lipinski definition) is 3. The Morgan fingerprint density at radius 1 is 1.15 bits per heavy atom. The fraction of sp³-hybridized carbons (Fsp3) is 0.552. The number of nitrogens with zero attached hydrogens (tertiary/aromatic N) is 2. The van der Waals surface area contributed by atoms with Crippen LogP contribution in [-0.2, 0) is 28.5 Å². The van der Waals surface area contributed by atoms with E-state index in [0.29, 0.717) is 25.8 Å². The maximum absolute atomic E-state index is 13.4. The molecule has 1 aliphatic heterocycles. The lowest BCUT2D eigenvalue weighted by Gasteiger charge is -2.25. The molecule has 1 unspecified atom stereocenters. The van der Waals surface area contributed by atoms with E-state index in [4.69, 9.17) is 9.72 Å². The third kappa shape index (κ3) is 10.3. The first-order valence-corrected chi connectivity index (χ1v) is 13.9. The van der Waals surface area contributed by atoms with Gasteiger partial charge >= 0.3 is 12.1 Å². The highest BCUT2D eigenvalue weighted by atomic mass is 19.4. The van der Waals surface area contributed by atoms with Gasteiger partial charge in [-0.05, 0) is 88.7 Å². The van der Waals surface area contributed by atoms with Crippen molar-refractivity contribution in [3.8, 4) is 0 Å². The van der Waals surface area contributed by atoms with E-state index in [2.05, 4.69) is 16.7 Å². The Labute approximate surface area is 237 Å². The second-order valence-electron chi connectivity index (χ2n) is 10.4. The summed E-state index contributed by atoms with van der Waals surface area (Å²) in [7, 11) is 0. The van der Waals surface area contributed by atoms with Gasteiger partial charge in [0.15, 0.2) is 0 Å². The molecular formula is C29H38F4N4O4. The Bertz CT molecular complexity index is 1180. The summed E-state index contributed by atoms with van der Waals surface area (Å²) in [5.74, 6) is -2.81. The lowest BCUT2D eigenvalue weighted by atomic mass is 10.0. The predicted molar refractivity (Wildman–Crippen MR) is 146 cm³/mol. The summed E-state index contributed by atoms with van der Waals surface area (Å²) < 4.78 is 59.2. The van der Waals surface area contributed by atoms with Crippen molar-refractivity contribution in [3.05, 3.63) is 58.5 Å². The number of pyridine rings is 1. The normalized spacial score (nSPS) is 14.0. The van der Waals surface area contributed by atoms with Gasteiger partial charge in [-0.3, -0.25) is 4.79 Å². The van der Waals surface area contributed by atoms with Crippen molar-refractivity contribution in [2.24, 2.45) is 0 Å². The summed E-state index contributed by atoms with van der Waals surface area (Å²) in [6.07, 6.45) is -0.427. The molecule has 0 aliphatic carbocycles. The Hall–Kier alpha value is -3.25. The fourth-order valence-electron chi connectivity index (χ4n) is 4.66. The molecule has 0 fully saturated rings. The molecule has 0 spiro atoms. The van der Waals surface area contributed by atoms with Crippen LogP contribution in [-0.4, -0.2) is 71.8 Å². The maximum Gasteiger partial charge on any atom is 0.417 e. The summed E-state index contributed by atoms with van der Waals surface area (Å²) >= 11 is 0. The minimum absolute atomic E-state index is 0.0186. The topological polar surface area (TPSA) is 104 Å². The third-order valence-corrected chi connectivity index (χ3v) is 6.84. The van der Waals surface area contributed by atoms with Crippen molar-refractivity contribution < 1.29 is 37.0 Å². The van der Waals surface area contributed by atoms with E-state index in [-0.39, 0.29) is 25.1 Å². The number of rotatable bonds is 15. The van der Waals surface area contributed by atoms with E-state index in [1.807, 2.05) is 24.8 Å². The zero-order chi connectivity index (χ0) is 30.0. The first kappa shape index (κ1) is 32.3. The average Bonchev–Trinajstić information content (AvgIpc) is 2.91. The number of carbonyl (C=O) groups is 2. The van der Waals surface area contributed by atoms with Crippen molar-refractivity contribution in [2.75, 3.05) is 38.1 Å². The lowest BCUT2D eigenvalue weighted by Crippen LogP contribution is -2.44. The van der Waals surface area contributed by atoms with Crippen LogP contribution in [0.3, 0.4) is 0 Å². The van der Waals surface area contributed by atoms with Gasteiger partial charge in [0.1, 0.15) is 17.7 Å². The molecule has 3 rings (SSSR count). The minimum Gasteiger partial charge on any atom is -0.480 e. The van der Waals surface area contributed by atoms with E-state index in [1.165, 1.54) is 5.56 Å². The Balaban J connectivity index is 1.57. The number of aliphatic carboxylic acids is 1. The van der Waals surface area contributed by atoms with Crippen LogP contribution in [0.2, 0.25) is 0 Å². The van der Waals surface area contributed by atoms with Gasteiger partial charge in [-0.15, -0.1) is 0 Å². The Kier molecular flexibility index (Phi) is 11.9. The van der Waals surface area contributed by atoms with Crippen LogP contribution in [0.1, 0.15) is 66.7 Å². The van der Waals surface area contributed by atoms with Gasteiger partial charge in [0.25, 0.3) is 5.91 Å². The molecule has 1 atom stereocenters. The van der Waals surface area contributed by atoms with E-state index < -0.39 is 41.0 Å². The summed E-state index contributed by atoms with van der Waals surface area (Å²) in [6.45, 7) is 6.59. The van der Waals surface area contributed by atoms with Crippen molar-refractivity contribution in [1.82, 2.24) is 15.2 Å². The molecule has 0 saturated heterocycles. The molecular weight excluding hydrogens is 544 g/mol. The molecule has 0 radical (unpaired) electrons. The highest BCUT2D eigenvalue weighted by Gasteiger charge is 2.36. The fourth-order valence-corrected chi connectivity index (χ4v) is 4.66. The van der Waals surface area contributed by atoms with E-state index >= 15 is 0 Å². The second kappa shape index (κ2) is 15.1. The standard InChI is InChI=1S/C29H38F4N4O4/c1-19(2)41-17-16-37(14-4-3-7-22-10-8-20-6-5-13-34-26(20)35-22)15-12-25(28(39)40)36-27(38)23-11-9-21(30)18-24(23)29(31,32)33/h8-11,18-19,25H,3-7,12-17H2,1-2H3,(H,34,35)(H,36,38)(H,39,40). The number of hydrogen-bond acceptors (Lipinski definition) is 6. The van der Waals surface area contributed by atoms with E-state index in [1.54, 1.807) is 0 Å². The molecule has 226 valence electrons. The van der Waals surface area contributed by atoms with Crippen LogP contribution >= 0.6 is 0 Å². The molecule has 1 aliphatic rings. The highest BCUT2D eigenvalue weighted by molar-refractivity contribution is 5.98. The van der Waals surface area contributed by atoms with Crippen LogP contribution in [0, 0.1) is 5.82 Å². The number of fused-ring (bicyclic) bond motifs is 1. The number of unbranched alkanes of at least 4 members (excludes halogenated alkanes) is 1. The predicted octanol–water partition coefficient (Wildman–Crippen LogP) is 4.92. The number of amides is 1. The number of benzene rings is 1. The van der Waals surface area contributed by atoms with Gasteiger partial charge < -0.3 is 25.4 Å². The summed E-state index contributed by atoms with van der Waals surface area (Å²) in [6, 6.07) is 4.38. The van der Waals surface area contributed by atoms with Crippen molar-refractivity contribution in [1.29, 1.82) is 0 Å². The first-order valence-electron chi connectivity index (χ1n) is 13.9. The average molecular weight is 583 g/mol. The second-order valence-corrected chi connectivity index (χ2v) is 10.4. The van der Waals surface area contributed by atoms with Crippen LogP contribution in [0.5, 0.6) is 0 Å². The van der Waals surface area contributed by atoms with Crippen molar-refractivity contribution in [3.63, 3.8) is 0 Å². The number of halogens is 4. The largest absolute Gasteiger partial charge is 0.480 e. The summed E-state index contributed by atoms with van der Waals surface area (Å²) in [5.41, 5.74) is -0.0694. The van der Waals surface area contributed by atoms with Gasteiger partial charge in [-0.25, -0.2) is 14.2 Å². The molecule has 1 aromatic heterocycles. The number of anilines is 1. The highest BCUT2D eigenvalue weighted by Crippen LogP contribution is 2.32. The summed E-state index contributed by atoms with van der Waals surface area (Å²) in [5, 5.41) is 15.2. The third-order valence-electron chi connectivity index (χ3n) is 6.84. The van der Waals surface area contributed by atoms with E-state index in [0.717, 1.165) is 56.2 Å². The zero-order valence-corrected chi connectivity index (χ0v) is 23.4. The lowest BCUT2D eigenvalue weighted by molar-refractivity contribution is -0.139. The molecule has 2 heterocycles. The van der Waals surface area contributed by atoms with Gasteiger partial charge in [0.2, 0.25) is 0 Å². The van der Waals surface area contributed by atoms with Crippen molar-refractivity contribution >= 4 is 17.7 Å². The first-order chi connectivity index (χ1) is 19.4. The molecule has 0 saturated carbocycles. The molecule has 3 N–H and O–H groups in total. The number of aryl methyl sites for hydroxylation is 2. The quantitative estimate of drug-likeness (QED) is 0.202. The number of carbonyl (C=O) groups excluding carboxylic acids is 1. The number of carboxylic acid groups (broad SMARTS) is 1. The zero-order valence-electron chi connectivity index (χ0n) is 23.4. The van der Waals surface area contributed by atoms with Gasteiger partial charge in [-0.2, -0.15) is 13.2 Å². The number of aromatic nitrogens is 1. The van der Waals surface area contributed by atoms with Crippen LogP contribution in [0.25, 0.3) is 0 Å². The summed E-state index contributed by atoms with van der Waals surface area (Å²) in [4.78, 5) is 31.2. The smallest absolute Gasteiger partial charge is 0.417 e. The number of carboxylic acids is 1. The molecule has 1 aromatic carbocycles. The van der Waals surface area contributed by atoms with Gasteiger partial charge in [0.05, 0.1) is 23.8 Å². The number of nitrogens with one attached hydrogen (secondary N) is 2. The SMILES string of the molecule is CC(C)OCCN(CCCCc1ccc2c(n1)NCCC2)CCC(NC(=O)c1ccc(F)cc1C(F)(F)F)C(=O)O. The van der Waals surface area contributed by atoms with Gasteiger partial charge in [-0.1, -0.05) is 6.07 Å². The molecule has 12 heteroatoms. The van der Waals surface area contributed by atoms with Crippen LogP contribution < -0.4 is 10.6 Å². The van der Waals surface area contributed by atoms with E-state index in [9.17, 15) is 32.3 Å². The van der Waals surface area contributed by atoms with Gasteiger partial charge in [0, 0.05) is 25.3 Å². The number of alkyl halides is 3. The molecule has 2 aromatic rings. The Morgan fingerprint density at radius 3 is 2.63 bits per heavy atom. The molecule has 0 bridgehead atoms. The maximum atomic E-state index is 13.4. The Morgan fingerprint density at radius 2 is 1.93 bits per heavy atom. The molecule has 41 heavy (non-hydrogen) atoms. The molecule has 8 nitrogen and oxygen atoms in total. The van der Waals surface area contributed by atoms with Crippen LogP contribution in [0.15, 0.2) is 30.3 Å². The monoisotopic (exact) mass is 582 g/mol. The number of ether oxygens (including phenoxy) is 1. The van der Waals surface area contributed by atoms with Crippen LogP contribution in [0.4, 0.5) is 23.4 Å². The van der Waals surface area contributed by atoms with Crippen molar-refractivity contribution in [2.45, 2.75) is 70.7 Å².